The first kappa shape index (κ1) is 18.5. The zero-order chi connectivity index (χ0) is 17.1. The Labute approximate surface area is 136 Å². The average molecular weight is 318 g/mol. The Bertz CT molecular complexity index is 578. The van der Waals surface area contributed by atoms with Crippen LogP contribution in [0.25, 0.3) is 6.08 Å². The van der Waals surface area contributed by atoms with Crippen molar-refractivity contribution in [3.63, 3.8) is 0 Å². The van der Waals surface area contributed by atoms with Gasteiger partial charge in [-0.05, 0) is 30.2 Å². The Hall–Kier alpha value is -2.52. The van der Waals surface area contributed by atoms with Crippen molar-refractivity contribution < 1.29 is 19.0 Å². The standard InChI is InChI=1S/C17H22N2O4/c1-19(10-4-11-21-2)17(20)8-6-14-5-7-15(23-12-9-18)16(13-14)22-3/h5-8,13H,4,10-12H2,1-3H3/b8-6+. The van der Waals surface area contributed by atoms with Crippen molar-refractivity contribution in [1.82, 2.24) is 4.90 Å². The van der Waals surface area contributed by atoms with E-state index in [9.17, 15) is 4.79 Å². The summed E-state index contributed by atoms with van der Waals surface area (Å²) in [6.07, 6.45) is 4.02. The van der Waals surface area contributed by atoms with Crippen LogP contribution >= 0.6 is 0 Å². The molecule has 0 atom stereocenters. The molecule has 6 nitrogen and oxygen atoms in total. The number of ether oxygens (including phenoxy) is 3. The average Bonchev–Trinajstić information content (AvgIpc) is 2.58. The lowest BCUT2D eigenvalue weighted by Crippen LogP contribution is -2.26. The van der Waals surface area contributed by atoms with Gasteiger partial charge in [-0.2, -0.15) is 5.26 Å². The minimum absolute atomic E-state index is 0.0453. The highest BCUT2D eigenvalue weighted by Gasteiger charge is 2.06. The van der Waals surface area contributed by atoms with Gasteiger partial charge in [0.15, 0.2) is 18.1 Å². The summed E-state index contributed by atoms with van der Waals surface area (Å²) in [5.41, 5.74) is 0.810. The van der Waals surface area contributed by atoms with Crippen molar-refractivity contribution >= 4 is 12.0 Å². The van der Waals surface area contributed by atoms with E-state index in [0.717, 1.165) is 12.0 Å². The summed E-state index contributed by atoms with van der Waals surface area (Å²) in [5, 5.41) is 8.54. The smallest absolute Gasteiger partial charge is 0.246 e. The number of carbonyl (C=O) groups excluding carboxylic acids is 1. The van der Waals surface area contributed by atoms with Crippen molar-refractivity contribution in [2.75, 3.05) is 41.0 Å². The maximum atomic E-state index is 12.0. The van der Waals surface area contributed by atoms with E-state index >= 15 is 0 Å². The predicted molar refractivity (Wildman–Crippen MR) is 87.3 cm³/mol. The molecular weight excluding hydrogens is 296 g/mol. The maximum absolute atomic E-state index is 12.0. The van der Waals surface area contributed by atoms with Gasteiger partial charge in [-0.15, -0.1) is 0 Å². The molecule has 23 heavy (non-hydrogen) atoms. The van der Waals surface area contributed by atoms with Crippen molar-refractivity contribution in [3.8, 4) is 17.6 Å². The van der Waals surface area contributed by atoms with Gasteiger partial charge >= 0.3 is 0 Å². The van der Waals surface area contributed by atoms with Crippen LogP contribution < -0.4 is 9.47 Å². The molecule has 0 saturated heterocycles. The van der Waals surface area contributed by atoms with E-state index in [1.54, 1.807) is 43.3 Å². The Morgan fingerprint density at radius 3 is 2.78 bits per heavy atom. The van der Waals surface area contributed by atoms with Crippen molar-refractivity contribution in [3.05, 3.63) is 29.8 Å². The van der Waals surface area contributed by atoms with Crippen molar-refractivity contribution in [2.24, 2.45) is 0 Å². The lowest BCUT2D eigenvalue weighted by Gasteiger charge is -2.14. The van der Waals surface area contributed by atoms with Crippen molar-refractivity contribution in [2.45, 2.75) is 6.42 Å². The summed E-state index contributed by atoms with van der Waals surface area (Å²) in [6, 6.07) is 7.16. The molecule has 0 aliphatic carbocycles. The number of amides is 1. The molecule has 0 aliphatic rings. The van der Waals surface area contributed by atoms with Crippen molar-refractivity contribution in [1.29, 1.82) is 5.26 Å². The van der Waals surface area contributed by atoms with Crippen LogP contribution in [0.3, 0.4) is 0 Å². The number of nitriles is 1. The second-order valence-electron chi connectivity index (χ2n) is 4.80. The van der Waals surface area contributed by atoms with E-state index in [0.29, 0.717) is 24.7 Å². The lowest BCUT2D eigenvalue weighted by atomic mass is 10.2. The molecule has 0 aliphatic heterocycles. The number of rotatable bonds is 9. The van der Waals surface area contributed by atoms with Gasteiger partial charge in [0.2, 0.25) is 5.91 Å². The van der Waals surface area contributed by atoms with E-state index in [-0.39, 0.29) is 12.5 Å². The minimum Gasteiger partial charge on any atom is -0.493 e. The zero-order valence-electron chi connectivity index (χ0n) is 13.7. The van der Waals surface area contributed by atoms with E-state index < -0.39 is 0 Å². The molecule has 0 aromatic heterocycles. The molecule has 1 aromatic carbocycles. The molecule has 1 rings (SSSR count). The monoisotopic (exact) mass is 318 g/mol. The summed E-state index contributed by atoms with van der Waals surface area (Å²) in [6.45, 7) is 1.22. The number of benzene rings is 1. The molecule has 0 unspecified atom stereocenters. The Balaban J connectivity index is 2.68. The number of methoxy groups -OCH3 is 2. The molecule has 0 bridgehead atoms. The second-order valence-corrected chi connectivity index (χ2v) is 4.80. The lowest BCUT2D eigenvalue weighted by molar-refractivity contribution is -0.124. The topological polar surface area (TPSA) is 71.8 Å². The SMILES string of the molecule is COCCCN(C)C(=O)/C=C/c1ccc(OCC#N)c(OC)c1. The third-order valence-electron chi connectivity index (χ3n) is 3.12. The van der Waals surface area contributed by atoms with Gasteiger partial charge in [-0.3, -0.25) is 4.79 Å². The van der Waals surface area contributed by atoms with Crippen LogP contribution in [0.1, 0.15) is 12.0 Å². The van der Waals surface area contributed by atoms with Gasteiger partial charge in [0.1, 0.15) is 6.07 Å². The number of nitrogens with zero attached hydrogens (tertiary/aromatic N) is 2. The van der Waals surface area contributed by atoms with Crippen LogP contribution in [0.15, 0.2) is 24.3 Å². The van der Waals surface area contributed by atoms with Crippen LogP contribution in [0.5, 0.6) is 11.5 Å². The van der Waals surface area contributed by atoms with E-state index in [1.165, 1.54) is 13.2 Å². The zero-order valence-corrected chi connectivity index (χ0v) is 13.7. The van der Waals surface area contributed by atoms with Gasteiger partial charge in [0.05, 0.1) is 7.11 Å². The van der Waals surface area contributed by atoms with Gasteiger partial charge in [-0.1, -0.05) is 6.07 Å². The molecule has 0 saturated carbocycles. The van der Waals surface area contributed by atoms with Crippen LogP contribution in [-0.2, 0) is 9.53 Å². The van der Waals surface area contributed by atoms with Crippen LogP contribution in [0.2, 0.25) is 0 Å². The normalized spacial score (nSPS) is 10.3. The van der Waals surface area contributed by atoms with E-state index in [4.69, 9.17) is 19.5 Å². The predicted octanol–water partition coefficient (Wildman–Crippen LogP) is 2.11. The molecule has 0 spiro atoms. The second kappa shape index (κ2) is 10.2. The molecule has 124 valence electrons. The molecule has 0 N–H and O–H groups in total. The Morgan fingerprint density at radius 1 is 1.35 bits per heavy atom. The molecular formula is C17H22N2O4. The van der Waals surface area contributed by atoms with Gasteiger partial charge < -0.3 is 19.1 Å². The van der Waals surface area contributed by atoms with Crippen LogP contribution in [0.4, 0.5) is 0 Å². The van der Waals surface area contributed by atoms with E-state index in [2.05, 4.69) is 0 Å². The first-order valence-electron chi connectivity index (χ1n) is 7.22. The molecule has 6 heteroatoms. The molecule has 0 radical (unpaired) electrons. The number of hydrogen-bond donors (Lipinski definition) is 0. The molecule has 1 amide bonds. The fourth-order valence-electron chi connectivity index (χ4n) is 1.87. The highest BCUT2D eigenvalue weighted by Crippen LogP contribution is 2.28. The van der Waals surface area contributed by atoms with Crippen LogP contribution in [0, 0.1) is 11.3 Å². The highest BCUT2D eigenvalue weighted by molar-refractivity contribution is 5.91. The quantitative estimate of drug-likeness (QED) is 0.515. The third-order valence-corrected chi connectivity index (χ3v) is 3.12. The van der Waals surface area contributed by atoms with Gasteiger partial charge in [-0.25, -0.2) is 0 Å². The molecule has 1 aromatic rings. The largest absolute Gasteiger partial charge is 0.493 e. The summed E-state index contributed by atoms with van der Waals surface area (Å²) in [7, 11) is 4.91. The summed E-state index contributed by atoms with van der Waals surface area (Å²) >= 11 is 0. The van der Waals surface area contributed by atoms with Gasteiger partial charge in [0.25, 0.3) is 0 Å². The summed E-state index contributed by atoms with van der Waals surface area (Å²) < 4.78 is 15.4. The highest BCUT2D eigenvalue weighted by atomic mass is 16.5. The fourth-order valence-corrected chi connectivity index (χ4v) is 1.87. The Morgan fingerprint density at radius 2 is 2.13 bits per heavy atom. The summed E-state index contributed by atoms with van der Waals surface area (Å²) in [5.74, 6) is 0.933. The first-order chi connectivity index (χ1) is 11.1. The minimum atomic E-state index is -0.0788. The fraction of sp³-hybridized carbons (Fsp3) is 0.412. The number of carbonyl (C=O) groups is 1. The van der Waals surface area contributed by atoms with Crippen LogP contribution in [-0.4, -0.2) is 51.8 Å². The first-order valence-corrected chi connectivity index (χ1v) is 7.22. The Kier molecular flexibility index (Phi) is 8.25. The van der Waals surface area contributed by atoms with E-state index in [1.807, 2.05) is 6.07 Å². The number of hydrogen-bond acceptors (Lipinski definition) is 5. The van der Waals surface area contributed by atoms with Gasteiger partial charge in [0, 0.05) is 33.4 Å². The third kappa shape index (κ3) is 6.41. The maximum Gasteiger partial charge on any atom is 0.246 e. The number of likely N-dealkylation sites (N-methyl/N-ethyl adjacent to an activating group) is 1. The molecule has 0 fully saturated rings. The molecule has 0 heterocycles. The summed E-state index contributed by atoms with van der Waals surface area (Å²) in [4.78, 5) is 13.6.